The minimum Gasteiger partial charge on any atom is -0.376 e. The monoisotopic (exact) mass is 388 g/mol. The molecule has 2 aliphatic rings. The van der Waals surface area contributed by atoms with E-state index in [1.807, 2.05) is 18.9 Å². The van der Waals surface area contributed by atoms with Gasteiger partial charge in [-0.25, -0.2) is 4.98 Å². The van der Waals surface area contributed by atoms with E-state index < -0.39 is 11.9 Å². The fourth-order valence-electron chi connectivity index (χ4n) is 3.73. The summed E-state index contributed by atoms with van der Waals surface area (Å²) >= 11 is 0. The fraction of sp³-hybridized carbons (Fsp3) is 0.778. The first-order valence-electron chi connectivity index (χ1n) is 9.47. The molecule has 0 radical (unpaired) electrons. The zero-order valence-corrected chi connectivity index (χ0v) is 15.8. The average molecular weight is 388 g/mol. The van der Waals surface area contributed by atoms with E-state index in [-0.39, 0.29) is 24.0 Å². The van der Waals surface area contributed by atoms with Gasteiger partial charge in [0, 0.05) is 38.9 Å². The van der Waals surface area contributed by atoms with Crippen molar-refractivity contribution < 1.29 is 22.7 Å². The molecule has 3 rings (SSSR count). The molecule has 152 valence electrons. The van der Waals surface area contributed by atoms with Gasteiger partial charge < -0.3 is 14.6 Å². The van der Waals surface area contributed by atoms with Crippen molar-refractivity contribution in [2.75, 3.05) is 26.7 Å². The number of aromatic nitrogens is 2. The summed E-state index contributed by atoms with van der Waals surface area (Å²) in [5.41, 5.74) is -0.826. The Hall–Kier alpha value is -1.61. The van der Waals surface area contributed by atoms with Crippen molar-refractivity contribution in [3.63, 3.8) is 0 Å². The topological polar surface area (TPSA) is 59.4 Å². The van der Waals surface area contributed by atoms with Gasteiger partial charge in [0.25, 0.3) is 0 Å². The van der Waals surface area contributed by atoms with Crippen LogP contribution in [0.4, 0.5) is 13.2 Å². The quantitative estimate of drug-likeness (QED) is 0.811. The number of halogens is 3. The minimum absolute atomic E-state index is 0.0495. The van der Waals surface area contributed by atoms with E-state index in [9.17, 15) is 18.0 Å². The second-order valence-corrected chi connectivity index (χ2v) is 7.59. The summed E-state index contributed by atoms with van der Waals surface area (Å²) in [6.45, 7) is 4.27. The molecule has 6 nitrogen and oxygen atoms in total. The van der Waals surface area contributed by atoms with Crippen LogP contribution in [0.1, 0.15) is 37.7 Å². The van der Waals surface area contributed by atoms with Gasteiger partial charge in [-0.3, -0.25) is 9.69 Å². The van der Waals surface area contributed by atoms with Gasteiger partial charge >= 0.3 is 6.18 Å². The molecule has 0 aliphatic carbocycles. The average Bonchev–Trinajstić information content (AvgIpc) is 3.27. The maximum absolute atomic E-state index is 12.8. The van der Waals surface area contributed by atoms with Crippen LogP contribution in [0.2, 0.25) is 0 Å². The van der Waals surface area contributed by atoms with Gasteiger partial charge in [-0.05, 0) is 39.2 Å². The lowest BCUT2D eigenvalue weighted by Gasteiger charge is -2.31. The number of carbonyl (C=O) groups excluding carboxylic acids is 1. The number of amides is 1. The number of rotatable bonds is 6. The maximum atomic E-state index is 12.8. The van der Waals surface area contributed by atoms with Crippen LogP contribution in [0.5, 0.6) is 0 Å². The molecule has 1 N–H and O–H groups in total. The van der Waals surface area contributed by atoms with Crippen molar-refractivity contribution in [3.8, 4) is 0 Å². The molecule has 3 heterocycles. The van der Waals surface area contributed by atoms with Gasteiger partial charge in [0.15, 0.2) is 5.69 Å². The molecule has 2 aliphatic heterocycles. The number of aryl methyl sites for hydroxylation is 1. The first-order valence-corrected chi connectivity index (χ1v) is 9.47. The van der Waals surface area contributed by atoms with Gasteiger partial charge in [0.05, 0.1) is 12.1 Å². The van der Waals surface area contributed by atoms with Gasteiger partial charge in [-0.15, -0.1) is 0 Å². The molecule has 0 saturated carbocycles. The lowest BCUT2D eigenvalue weighted by Crippen LogP contribution is -2.47. The molecule has 1 amide bonds. The van der Waals surface area contributed by atoms with Crippen molar-refractivity contribution in [1.82, 2.24) is 19.8 Å². The van der Waals surface area contributed by atoms with E-state index in [4.69, 9.17) is 4.74 Å². The lowest BCUT2D eigenvalue weighted by atomic mass is 9.98. The van der Waals surface area contributed by atoms with Crippen molar-refractivity contribution >= 4 is 5.91 Å². The second kappa shape index (κ2) is 8.18. The number of ether oxygens (including phenoxy) is 1. The van der Waals surface area contributed by atoms with Crippen LogP contribution in [0, 0.1) is 5.92 Å². The Morgan fingerprint density at radius 2 is 2.26 bits per heavy atom. The Morgan fingerprint density at radius 3 is 2.93 bits per heavy atom. The Labute approximate surface area is 157 Å². The highest BCUT2D eigenvalue weighted by atomic mass is 19.4. The second-order valence-electron chi connectivity index (χ2n) is 7.59. The minimum atomic E-state index is -4.41. The number of fused-ring (bicyclic) bond motifs is 1. The number of imidazole rings is 1. The predicted octanol–water partition coefficient (Wildman–Crippen LogP) is 2.08. The summed E-state index contributed by atoms with van der Waals surface area (Å²) in [6.07, 6.45) is 0.0824. The third kappa shape index (κ3) is 5.01. The summed E-state index contributed by atoms with van der Waals surface area (Å²) in [4.78, 5) is 18.0. The number of alkyl halides is 3. The van der Waals surface area contributed by atoms with E-state index in [2.05, 4.69) is 10.3 Å². The van der Waals surface area contributed by atoms with E-state index in [0.717, 1.165) is 32.1 Å². The smallest absolute Gasteiger partial charge is 0.376 e. The molecular formula is C18H27F3N4O2. The molecule has 0 bridgehead atoms. The number of carbonyl (C=O) groups is 1. The van der Waals surface area contributed by atoms with Crippen LogP contribution in [0.15, 0.2) is 6.20 Å². The SMILES string of the molecule is C[C@H](C(=O)NC[C@H]1CCCO1)N(C)C[C@H]1CCc2nc(C(F)(F)F)cn2C1. The van der Waals surface area contributed by atoms with Crippen molar-refractivity contribution in [2.45, 2.75) is 57.5 Å². The molecule has 0 unspecified atom stereocenters. The highest BCUT2D eigenvalue weighted by Gasteiger charge is 2.36. The molecule has 9 heteroatoms. The summed E-state index contributed by atoms with van der Waals surface area (Å²) in [6, 6.07) is -0.304. The number of hydrogen-bond acceptors (Lipinski definition) is 4. The van der Waals surface area contributed by atoms with Gasteiger partial charge in [-0.2, -0.15) is 13.2 Å². The van der Waals surface area contributed by atoms with E-state index in [0.29, 0.717) is 31.9 Å². The Bertz CT molecular complexity index is 656. The van der Waals surface area contributed by atoms with Crippen LogP contribution in [-0.4, -0.2) is 59.2 Å². The lowest BCUT2D eigenvalue weighted by molar-refractivity contribution is -0.141. The van der Waals surface area contributed by atoms with E-state index in [1.54, 1.807) is 4.57 Å². The van der Waals surface area contributed by atoms with Crippen LogP contribution in [-0.2, 0) is 28.7 Å². The van der Waals surface area contributed by atoms with Gasteiger partial charge in [-0.1, -0.05) is 0 Å². The predicted molar refractivity (Wildman–Crippen MR) is 93.1 cm³/mol. The largest absolute Gasteiger partial charge is 0.434 e. The van der Waals surface area contributed by atoms with Crippen LogP contribution >= 0.6 is 0 Å². The Morgan fingerprint density at radius 1 is 1.48 bits per heavy atom. The van der Waals surface area contributed by atoms with E-state index >= 15 is 0 Å². The van der Waals surface area contributed by atoms with Crippen LogP contribution in [0.3, 0.4) is 0 Å². The third-order valence-electron chi connectivity index (χ3n) is 5.50. The van der Waals surface area contributed by atoms with Crippen LogP contribution in [0.25, 0.3) is 0 Å². The zero-order chi connectivity index (χ0) is 19.6. The number of likely N-dealkylation sites (N-methyl/N-ethyl adjacent to an activating group) is 1. The van der Waals surface area contributed by atoms with Gasteiger partial charge in [0.1, 0.15) is 5.82 Å². The Balaban J connectivity index is 1.49. The Kier molecular flexibility index (Phi) is 6.10. The number of hydrogen-bond donors (Lipinski definition) is 1. The molecule has 1 fully saturated rings. The standard InChI is InChI=1S/C18H27F3N4O2/c1-12(17(26)22-8-14-4-3-7-27-14)24(2)9-13-5-6-16-23-15(18(19,20)21)11-25(16)10-13/h11-14H,3-10H2,1-2H3,(H,22,26)/t12-,13-,14-/m1/s1. The molecule has 0 spiro atoms. The molecule has 1 aromatic rings. The number of nitrogens with one attached hydrogen (secondary N) is 1. The first kappa shape index (κ1) is 20.1. The highest BCUT2D eigenvalue weighted by Crippen LogP contribution is 2.30. The maximum Gasteiger partial charge on any atom is 0.434 e. The molecule has 0 aromatic carbocycles. The van der Waals surface area contributed by atoms with Crippen LogP contribution < -0.4 is 5.32 Å². The first-order chi connectivity index (χ1) is 12.7. The summed E-state index contributed by atoms with van der Waals surface area (Å²) < 4.78 is 45.6. The van der Waals surface area contributed by atoms with Gasteiger partial charge in [0.2, 0.25) is 5.91 Å². The van der Waals surface area contributed by atoms with Crippen molar-refractivity contribution in [1.29, 1.82) is 0 Å². The summed E-state index contributed by atoms with van der Waals surface area (Å²) in [5.74, 6) is 0.626. The normalized spacial score (nSPS) is 24.1. The zero-order valence-electron chi connectivity index (χ0n) is 15.8. The molecule has 1 aromatic heterocycles. The van der Waals surface area contributed by atoms with Crippen molar-refractivity contribution in [3.05, 3.63) is 17.7 Å². The summed E-state index contributed by atoms with van der Waals surface area (Å²) in [7, 11) is 1.88. The highest BCUT2D eigenvalue weighted by molar-refractivity contribution is 5.81. The van der Waals surface area contributed by atoms with Crippen molar-refractivity contribution in [2.24, 2.45) is 5.92 Å². The van der Waals surface area contributed by atoms with E-state index in [1.165, 1.54) is 0 Å². The molecule has 27 heavy (non-hydrogen) atoms. The molecule has 1 saturated heterocycles. The fourth-order valence-corrected chi connectivity index (χ4v) is 3.73. The molecule has 3 atom stereocenters. The number of nitrogens with zero attached hydrogens (tertiary/aromatic N) is 3. The molecular weight excluding hydrogens is 361 g/mol. The summed E-state index contributed by atoms with van der Waals surface area (Å²) in [5, 5.41) is 2.93. The third-order valence-corrected chi connectivity index (χ3v) is 5.50.